The Bertz CT molecular complexity index is 146. The van der Waals surface area contributed by atoms with E-state index in [1.165, 1.54) is 32.5 Å². The van der Waals surface area contributed by atoms with Crippen LogP contribution in [0.15, 0.2) is 0 Å². The summed E-state index contributed by atoms with van der Waals surface area (Å²) in [6.45, 7) is 8.49. The molecule has 1 atom stereocenters. The molecule has 2 nitrogen and oxygen atoms in total. The average Bonchev–Trinajstić information content (AvgIpc) is 2.05. The van der Waals surface area contributed by atoms with Crippen molar-refractivity contribution in [2.24, 2.45) is 5.92 Å². The molecule has 1 N–H and O–H groups in total. The molecule has 2 heteroatoms. The standard InChI is InChI=1S/C10H20N2/c1-8(2)11-10-7-12-5-3-9(10)4-6-12/h8-11H,3-7H2,1-2H3/t10-/m0/s1. The van der Waals surface area contributed by atoms with Crippen molar-refractivity contribution in [3.63, 3.8) is 0 Å². The Kier molecular flexibility index (Phi) is 2.37. The highest BCUT2D eigenvalue weighted by Crippen LogP contribution is 2.27. The first kappa shape index (κ1) is 8.52. The maximum absolute atomic E-state index is 3.67. The molecule has 0 aliphatic carbocycles. The Balaban J connectivity index is 1.91. The molecule has 0 saturated carbocycles. The lowest BCUT2D eigenvalue weighted by Crippen LogP contribution is -2.57. The summed E-state index contributed by atoms with van der Waals surface area (Å²) in [7, 11) is 0. The summed E-state index contributed by atoms with van der Waals surface area (Å²) in [5, 5.41) is 3.67. The highest BCUT2D eigenvalue weighted by molar-refractivity contribution is 4.91. The van der Waals surface area contributed by atoms with E-state index < -0.39 is 0 Å². The van der Waals surface area contributed by atoms with Gasteiger partial charge in [-0.05, 0) is 31.8 Å². The molecule has 3 heterocycles. The van der Waals surface area contributed by atoms with Gasteiger partial charge in [-0.15, -0.1) is 0 Å². The summed E-state index contributed by atoms with van der Waals surface area (Å²) in [5.74, 6) is 0.970. The zero-order valence-electron chi connectivity index (χ0n) is 8.21. The van der Waals surface area contributed by atoms with Gasteiger partial charge in [0.25, 0.3) is 0 Å². The summed E-state index contributed by atoms with van der Waals surface area (Å²) >= 11 is 0. The second kappa shape index (κ2) is 3.35. The second-order valence-electron chi connectivity index (χ2n) is 4.57. The summed E-state index contributed by atoms with van der Waals surface area (Å²) < 4.78 is 0. The zero-order valence-corrected chi connectivity index (χ0v) is 8.21. The van der Waals surface area contributed by atoms with E-state index in [2.05, 4.69) is 24.1 Å². The van der Waals surface area contributed by atoms with Gasteiger partial charge in [0.2, 0.25) is 0 Å². The van der Waals surface area contributed by atoms with Crippen LogP contribution in [0.2, 0.25) is 0 Å². The zero-order chi connectivity index (χ0) is 8.55. The molecule has 3 fully saturated rings. The van der Waals surface area contributed by atoms with Gasteiger partial charge in [-0.1, -0.05) is 13.8 Å². The maximum atomic E-state index is 3.67. The van der Waals surface area contributed by atoms with Crippen LogP contribution in [0.1, 0.15) is 26.7 Å². The molecule has 0 aromatic carbocycles. The molecule has 0 spiro atoms. The number of nitrogens with one attached hydrogen (secondary N) is 1. The Hall–Kier alpha value is -0.0800. The first-order valence-electron chi connectivity index (χ1n) is 5.24. The predicted molar refractivity (Wildman–Crippen MR) is 51.2 cm³/mol. The number of hydrogen-bond donors (Lipinski definition) is 1. The SMILES string of the molecule is CC(C)N[C@H]1CN2CCC1CC2. The lowest BCUT2D eigenvalue weighted by Gasteiger charge is -2.45. The molecule has 12 heavy (non-hydrogen) atoms. The topological polar surface area (TPSA) is 15.3 Å². The first-order chi connectivity index (χ1) is 5.75. The van der Waals surface area contributed by atoms with Gasteiger partial charge in [0.15, 0.2) is 0 Å². The highest BCUT2D eigenvalue weighted by atomic mass is 15.2. The van der Waals surface area contributed by atoms with Crippen LogP contribution in [-0.4, -0.2) is 36.6 Å². The van der Waals surface area contributed by atoms with Gasteiger partial charge >= 0.3 is 0 Å². The number of rotatable bonds is 2. The lowest BCUT2D eigenvalue weighted by atomic mass is 9.84. The Morgan fingerprint density at radius 3 is 2.33 bits per heavy atom. The maximum Gasteiger partial charge on any atom is 0.0226 e. The normalized spacial score (nSPS) is 40.8. The van der Waals surface area contributed by atoms with Crippen molar-refractivity contribution in [2.75, 3.05) is 19.6 Å². The molecule has 3 aliphatic heterocycles. The van der Waals surface area contributed by atoms with Crippen molar-refractivity contribution in [1.82, 2.24) is 10.2 Å². The van der Waals surface area contributed by atoms with Crippen LogP contribution in [0.4, 0.5) is 0 Å². The van der Waals surface area contributed by atoms with Gasteiger partial charge in [0, 0.05) is 18.6 Å². The van der Waals surface area contributed by atoms with Crippen LogP contribution in [-0.2, 0) is 0 Å². The predicted octanol–water partition coefficient (Wildman–Crippen LogP) is 1.08. The molecule has 0 amide bonds. The minimum Gasteiger partial charge on any atom is -0.310 e. The molecule has 3 rings (SSSR count). The van der Waals surface area contributed by atoms with Crippen molar-refractivity contribution in [2.45, 2.75) is 38.8 Å². The van der Waals surface area contributed by atoms with Gasteiger partial charge in [0.05, 0.1) is 0 Å². The number of nitrogens with zero attached hydrogens (tertiary/aromatic N) is 1. The molecule has 3 saturated heterocycles. The lowest BCUT2D eigenvalue weighted by molar-refractivity contribution is 0.0691. The van der Waals surface area contributed by atoms with Crippen LogP contribution in [0.25, 0.3) is 0 Å². The summed E-state index contributed by atoms with van der Waals surface area (Å²) in [6.07, 6.45) is 2.84. The van der Waals surface area contributed by atoms with E-state index in [9.17, 15) is 0 Å². The summed E-state index contributed by atoms with van der Waals surface area (Å²) in [6, 6.07) is 1.43. The fraction of sp³-hybridized carbons (Fsp3) is 1.00. The van der Waals surface area contributed by atoms with Crippen molar-refractivity contribution >= 4 is 0 Å². The van der Waals surface area contributed by atoms with Gasteiger partial charge in [-0.3, -0.25) is 0 Å². The number of hydrogen-bond acceptors (Lipinski definition) is 2. The van der Waals surface area contributed by atoms with Crippen molar-refractivity contribution in [1.29, 1.82) is 0 Å². The minimum atomic E-state index is 0.649. The van der Waals surface area contributed by atoms with E-state index in [-0.39, 0.29) is 0 Å². The van der Waals surface area contributed by atoms with E-state index in [0.29, 0.717) is 6.04 Å². The smallest absolute Gasteiger partial charge is 0.0226 e. The van der Waals surface area contributed by atoms with E-state index >= 15 is 0 Å². The Labute approximate surface area is 75.3 Å². The number of piperidine rings is 3. The third kappa shape index (κ3) is 1.64. The Morgan fingerprint density at radius 1 is 1.25 bits per heavy atom. The van der Waals surface area contributed by atoms with E-state index in [4.69, 9.17) is 0 Å². The fourth-order valence-corrected chi connectivity index (χ4v) is 2.58. The molecule has 3 aliphatic rings. The number of fused-ring (bicyclic) bond motifs is 3. The molecule has 0 aromatic heterocycles. The van der Waals surface area contributed by atoms with Gasteiger partial charge in [-0.2, -0.15) is 0 Å². The third-order valence-corrected chi connectivity index (χ3v) is 3.20. The van der Waals surface area contributed by atoms with E-state index in [1.807, 2.05) is 0 Å². The largest absolute Gasteiger partial charge is 0.310 e. The highest BCUT2D eigenvalue weighted by Gasteiger charge is 2.33. The second-order valence-corrected chi connectivity index (χ2v) is 4.57. The van der Waals surface area contributed by atoms with E-state index in [0.717, 1.165) is 12.0 Å². The molecular formula is C10H20N2. The van der Waals surface area contributed by atoms with Crippen LogP contribution in [0.5, 0.6) is 0 Å². The van der Waals surface area contributed by atoms with Gasteiger partial charge in [-0.25, -0.2) is 0 Å². The first-order valence-corrected chi connectivity index (χ1v) is 5.24. The van der Waals surface area contributed by atoms with Crippen LogP contribution in [0, 0.1) is 5.92 Å². The molecule has 0 unspecified atom stereocenters. The van der Waals surface area contributed by atoms with Crippen LogP contribution < -0.4 is 5.32 Å². The average molecular weight is 168 g/mol. The molecule has 2 bridgehead atoms. The fourth-order valence-electron chi connectivity index (χ4n) is 2.58. The molecule has 0 radical (unpaired) electrons. The van der Waals surface area contributed by atoms with Crippen molar-refractivity contribution in [3.05, 3.63) is 0 Å². The molecular weight excluding hydrogens is 148 g/mol. The van der Waals surface area contributed by atoms with Gasteiger partial charge in [0.1, 0.15) is 0 Å². The van der Waals surface area contributed by atoms with Gasteiger partial charge < -0.3 is 10.2 Å². The van der Waals surface area contributed by atoms with Crippen LogP contribution in [0.3, 0.4) is 0 Å². The van der Waals surface area contributed by atoms with Crippen LogP contribution >= 0.6 is 0 Å². The van der Waals surface area contributed by atoms with Crippen molar-refractivity contribution < 1.29 is 0 Å². The summed E-state index contributed by atoms with van der Waals surface area (Å²) in [5.41, 5.74) is 0. The molecule has 0 aromatic rings. The van der Waals surface area contributed by atoms with Crippen molar-refractivity contribution in [3.8, 4) is 0 Å². The van der Waals surface area contributed by atoms with E-state index in [1.54, 1.807) is 0 Å². The minimum absolute atomic E-state index is 0.649. The Morgan fingerprint density at radius 2 is 1.92 bits per heavy atom. The monoisotopic (exact) mass is 168 g/mol. The third-order valence-electron chi connectivity index (χ3n) is 3.20. The molecule has 70 valence electrons. The summed E-state index contributed by atoms with van der Waals surface area (Å²) in [4.78, 5) is 2.60. The quantitative estimate of drug-likeness (QED) is 0.663.